The van der Waals surface area contributed by atoms with Crippen molar-refractivity contribution in [2.75, 3.05) is 0 Å². The molecule has 2 atom stereocenters. The van der Waals surface area contributed by atoms with Crippen LogP contribution in [0.4, 0.5) is 0 Å². The van der Waals surface area contributed by atoms with E-state index < -0.39 is 21.5 Å². The van der Waals surface area contributed by atoms with E-state index in [9.17, 15) is 13.5 Å². The minimum atomic E-state index is -3.52. The molecule has 2 N–H and O–H groups in total. The average molecular weight is 316 g/mol. The van der Waals surface area contributed by atoms with Gasteiger partial charge >= 0.3 is 0 Å². The standard InChI is InChI=1S/C14H18ClNO3S/c1-14(2)12(9-13(14)17)16-20(18,19)8-7-10-3-5-11(15)6-4-10/h3-8,12-13,16-17H,9H2,1-2H3/b8-7+. The largest absolute Gasteiger partial charge is 0.392 e. The fourth-order valence-corrected chi connectivity index (χ4v) is 3.42. The van der Waals surface area contributed by atoms with Gasteiger partial charge in [0.1, 0.15) is 0 Å². The van der Waals surface area contributed by atoms with Crippen LogP contribution in [0.1, 0.15) is 25.8 Å². The highest BCUT2D eigenvalue weighted by Gasteiger charge is 2.48. The molecule has 1 aromatic rings. The number of nitrogens with one attached hydrogen (secondary N) is 1. The first kappa shape index (κ1) is 15.5. The van der Waals surface area contributed by atoms with E-state index in [0.717, 1.165) is 11.0 Å². The number of rotatable bonds is 4. The molecule has 6 heteroatoms. The third-order valence-corrected chi connectivity index (χ3v) is 5.19. The van der Waals surface area contributed by atoms with Gasteiger partial charge in [-0.25, -0.2) is 13.1 Å². The number of hydrogen-bond donors (Lipinski definition) is 2. The molecule has 1 saturated carbocycles. The molecular formula is C14H18ClNO3S. The molecule has 0 bridgehead atoms. The van der Waals surface area contributed by atoms with Gasteiger partial charge in [0.15, 0.2) is 0 Å². The number of hydrogen-bond acceptors (Lipinski definition) is 3. The lowest BCUT2D eigenvalue weighted by Crippen LogP contribution is -2.60. The summed E-state index contributed by atoms with van der Waals surface area (Å²) in [5.74, 6) is 0. The molecule has 0 amide bonds. The number of sulfonamides is 1. The van der Waals surface area contributed by atoms with Crippen LogP contribution in [0.5, 0.6) is 0 Å². The smallest absolute Gasteiger partial charge is 0.234 e. The fourth-order valence-electron chi connectivity index (χ4n) is 2.08. The van der Waals surface area contributed by atoms with Crippen LogP contribution in [-0.2, 0) is 10.0 Å². The summed E-state index contributed by atoms with van der Waals surface area (Å²) in [4.78, 5) is 0. The van der Waals surface area contributed by atoms with E-state index in [0.29, 0.717) is 11.4 Å². The highest BCUT2D eigenvalue weighted by Crippen LogP contribution is 2.40. The van der Waals surface area contributed by atoms with Gasteiger partial charge in [0.05, 0.1) is 6.10 Å². The zero-order chi connectivity index (χ0) is 15.0. The van der Waals surface area contributed by atoms with E-state index in [1.54, 1.807) is 24.3 Å². The van der Waals surface area contributed by atoms with Gasteiger partial charge in [-0.05, 0) is 30.2 Å². The fraction of sp³-hybridized carbons (Fsp3) is 0.429. The van der Waals surface area contributed by atoms with E-state index in [1.807, 2.05) is 13.8 Å². The van der Waals surface area contributed by atoms with Gasteiger partial charge in [-0.15, -0.1) is 0 Å². The third kappa shape index (κ3) is 3.41. The van der Waals surface area contributed by atoms with Crippen molar-refractivity contribution in [3.05, 3.63) is 40.3 Å². The summed E-state index contributed by atoms with van der Waals surface area (Å²) in [6, 6.07) is 6.65. The molecule has 2 rings (SSSR count). The lowest BCUT2D eigenvalue weighted by Gasteiger charge is -2.48. The Balaban J connectivity index is 2.03. The molecule has 0 spiro atoms. The van der Waals surface area contributed by atoms with Crippen molar-refractivity contribution in [2.45, 2.75) is 32.4 Å². The molecule has 0 heterocycles. The van der Waals surface area contributed by atoms with E-state index in [4.69, 9.17) is 11.6 Å². The molecule has 1 aliphatic rings. The van der Waals surface area contributed by atoms with Gasteiger partial charge in [0, 0.05) is 21.9 Å². The molecule has 1 aliphatic carbocycles. The van der Waals surface area contributed by atoms with Crippen molar-refractivity contribution in [1.82, 2.24) is 4.72 Å². The lowest BCUT2D eigenvalue weighted by atomic mass is 9.65. The maximum Gasteiger partial charge on any atom is 0.234 e. The molecule has 4 nitrogen and oxygen atoms in total. The van der Waals surface area contributed by atoms with Crippen molar-refractivity contribution < 1.29 is 13.5 Å². The molecule has 0 saturated heterocycles. The Bertz CT molecular complexity index is 608. The van der Waals surface area contributed by atoms with Crippen LogP contribution in [-0.4, -0.2) is 25.7 Å². The van der Waals surface area contributed by atoms with Crippen LogP contribution in [0.2, 0.25) is 5.02 Å². The molecule has 1 fully saturated rings. The van der Waals surface area contributed by atoms with E-state index >= 15 is 0 Å². The van der Waals surface area contributed by atoms with Crippen LogP contribution >= 0.6 is 11.6 Å². The van der Waals surface area contributed by atoms with Crippen molar-refractivity contribution in [1.29, 1.82) is 0 Å². The molecule has 1 aromatic carbocycles. The first-order chi connectivity index (χ1) is 9.21. The summed E-state index contributed by atoms with van der Waals surface area (Å²) in [6.07, 6.45) is 1.50. The minimum Gasteiger partial charge on any atom is -0.392 e. The zero-order valence-electron chi connectivity index (χ0n) is 11.4. The van der Waals surface area contributed by atoms with Crippen molar-refractivity contribution >= 4 is 27.7 Å². The maximum atomic E-state index is 12.0. The Hall–Kier alpha value is -0.880. The Morgan fingerprint density at radius 1 is 1.35 bits per heavy atom. The van der Waals surface area contributed by atoms with Crippen molar-refractivity contribution in [2.24, 2.45) is 5.41 Å². The monoisotopic (exact) mass is 315 g/mol. The molecule has 0 aromatic heterocycles. The second-order valence-corrected chi connectivity index (χ2v) is 7.68. The quantitative estimate of drug-likeness (QED) is 0.896. The van der Waals surface area contributed by atoms with E-state index in [1.165, 1.54) is 6.08 Å². The molecule has 2 unspecified atom stereocenters. The number of aliphatic hydroxyl groups is 1. The predicted octanol–water partition coefficient (Wildman–Crippen LogP) is 2.39. The Kier molecular flexibility index (Phi) is 4.25. The highest BCUT2D eigenvalue weighted by atomic mass is 35.5. The van der Waals surface area contributed by atoms with Crippen LogP contribution in [0.25, 0.3) is 6.08 Å². The second kappa shape index (κ2) is 5.48. The normalized spacial score (nSPS) is 25.6. The number of aliphatic hydroxyl groups excluding tert-OH is 1. The average Bonchev–Trinajstić information content (AvgIpc) is 2.38. The minimum absolute atomic E-state index is 0.239. The van der Waals surface area contributed by atoms with Crippen LogP contribution < -0.4 is 4.72 Å². The SMILES string of the molecule is CC1(C)C(O)CC1NS(=O)(=O)/C=C/c1ccc(Cl)cc1. The van der Waals surface area contributed by atoms with E-state index in [2.05, 4.69) is 4.72 Å². The number of benzene rings is 1. The van der Waals surface area contributed by atoms with Gasteiger partial charge in [0.25, 0.3) is 0 Å². The van der Waals surface area contributed by atoms with Gasteiger partial charge < -0.3 is 5.11 Å². The summed E-state index contributed by atoms with van der Waals surface area (Å²) in [5.41, 5.74) is 0.328. The first-order valence-electron chi connectivity index (χ1n) is 6.35. The lowest BCUT2D eigenvalue weighted by molar-refractivity contribution is -0.0644. The maximum absolute atomic E-state index is 12.0. The summed E-state index contributed by atoms with van der Waals surface area (Å²) in [5, 5.41) is 11.4. The van der Waals surface area contributed by atoms with Gasteiger partial charge in [-0.2, -0.15) is 0 Å². The Morgan fingerprint density at radius 3 is 2.45 bits per heavy atom. The second-order valence-electron chi connectivity index (χ2n) is 5.64. The highest BCUT2D eigenvalue weighted by molar-refractivity contribution is 7.92. The van der Waals surface area contributed by atoms with Crippen LogP contribution in [0, 0.1) is 5.41 Å². The van der Waals surface area contributed by atoms with E-state index in [-0.39, 0.29) is 6.04 Å². The van der Waals surface area contributed by atoms with Gasteiger partial charge in [-0.1, -0.05) is 37.6 Å². The van der Waals surface area contributed by atoms with Crippen LogP contribution in [0.15, 0.2) is 29.7 Å². The number of halogens is 1. The summed E-state index contributed by atoms with van der Waals surface area (Å²) in [6.45, 7) is 3.69. The molecular weight excluding hydrogens is 298 g/mol. The van der Waals surface area contributed by atoms with Gasteiger partial charge in [-0.3, -0.25) is 0 Å². The topological polar surface area (TPSA) is 66.4 Å². The predicted molar refractivity (Wildman–Crippen MR) is 80.7 cm³/mol. The molecule has 0 aliphatic heterocycles. The summed E-state index contributed by atoms with van der Waals surface area (Å²) < 4.78 is 26.5. The molecule has 0 radical (unpaired) electrons. The summed E-state index contributed by atoms with van der Waals surface area (Å²) >= 11 is 5.76. The first-order valence-corrected chi connectivity index (χ1v) is 8.27. The van der Waals surface area contributed by atoms with Gasteiger partial charge in [0.2, 0.25) is 10.0 Å². The third-order valence-electron chi connectivity index (χ3n) is 3.83. The Morgan fingerprint density at radius 2 is 1.95 bits per heavy atom. The molecule has 20 heavy (non-hydrogen) atoms. The van der Waals surface area contributed by atoms with Crippen LogP contribution in [0.3, 0.4) is 0 Å². The Labute approximate surface area is 124 Å². The van der Waals surface area contributed by atoms with Crippen molar-refractivity contribution in [3.63, 3.8) is 0 Å². The summed E-state index contributed by atoms with van der Waals surface area (Å²) in [7, 11) is -3.52. The zero-order valence-corrected chi connectivity index (χ0v) is 12.9. The van der Waals surface area contributed by atoms with Crippen molar-refractivity contribution in [3.8, 4) is 0 Å². The molecule has 110 valence electrons.